The van der Waals surface area contributed by atoms with Gasteiger partial charge in [-0.15, -0.1) is 0 Å². The molecule has 3 aliphatic heterocycles. The monoisotopic (exact) mass is 864 g/mol. The lowest BCUT2D eigenvalue weighted by Crippen LogP contribution is -2.58. The van der Waals surface area contributed by atoms with Gasteiger partial charge in [0.2, 0.25) is 5.76 Å². The van der Waals surface area contributed by atoms with Crippen LogP contribution in [0.15, 0.2) is 71.0 Å². The lowest BCUT2D eigenvalue weighted by Gasteiger charge is -2.49. The molecular formula is C46H73NO14. The first-order valence-electron chi connectivity index (χ1n) is 21.4. The molecule has 346 valence electrons. The van der Waals surface area contributed by atoms with Crippen LogP contribution in [0.1, 0.15) is 94.9 Å². The number of carbonyl (C=O) groups excluding carboxylic acids is 2. The van der Waals surface area contributed by atoms with Gasteiger partial charge in [-0.25, -0.2) is 9.59 Å². The van der Waals surface area contributed by atoms with E-state index in [1.807, 2.05) is 47.6 Å². The fourth-order valence-electron chi connectivity index (χ4n) is 8.64. The molecule has 1 amide bonds. The molecule has 0 aromatic heterocycles. The van der Waals surface area contributed by atoms with Crippen molar-refractivity contribution in [2.45, 2.75) is 156 Å². The number of rotatable bonds is 11. The SMILES string of the molecule is CC=CC1OC(O)(C(C)C(O)C(C)C2=C(OC)C=CC=C(C)CC(C)C(O)C(CC)C(O)C(C)C=C(C)C=C(OC)C(=O)O2)CC(OC2CC(O)C(OC(N)=O)C(C)O2)C1C. The molecule has 0 spiro atoms. The first-order valence-corrected chi connectivity index (χ1v) is 21.4. The number of allylic oxidation sites excluding steroid dienone is 7. The number of primary amides is 1. The molecule has 15 heteroatoms. The number of hydrogen-bond donors (Lipinski definition) is 6. The highest BCUT2D eigenvalue weighted by Crippen LogP contribution is 2.43. The molecule has 0 radical (unpaired) electrons. The van der Waals surface area contributed by atoms with Gasteiger partial charge in [0.1, 0.15) is 0 Å². The number of aliphatic hydroxyl groups excluding tert-OH is 4. The summed E-state index contributed by atoms with van der Waals surface area (Å²) in [6.07, 6.45) is 3.76. The van der Waals surface area contributed by atoms with Crippen LogP contribution in [0.5, 0.6) is 0 Å². The predicted molar refractivity (Wildman–Crippen MR) is 228 cm³/mol. The van der Waals surface area contributed by atoms with Gasteiger partial charge in [-0.3, -0.25) is 0 Å². The van der Waals surface area contributed by atoms with E-state index in [2.05, 4.69) is 0 Å². The number of methoxy groups -OCH3 is 2. The van der Waals surface area contributed by atoms with Crippen LogP contribution < -0.4 is 5.73 Å². The Labute approximate surface area is 361 Å². The van der Waals surface area contributed by atoms with E-state index in [1.54, 1.807) is 58.1 Å². The van der Waals surface area contributed by atoms with Crippen LogP contribution in [0.4, 0.5) is 4.79 Å². The molecule has 0 aromatic rings. The van der Waals surface area contributed by atoms with Gasteiger partial charge in [-0.05, 0) is 58.6 Å². The fourth-order valence-corrected chi connectivity index (χ4v) is 8.64. The summed E-state index contributed by atoms with van der Waals surface area (Å²) in [7, 11) is 2.73. The summed E-state index contributed by atoms with van der Waals surface area (Å²) in [6, 6.07) is 0. The Hall–Kier alpha value is -3.54. The van der Waals surface area contributed by atoms with Crippen molar-refractivity contribution in [3.63, 3.8) is 0 Å². The van der Waals surface area contributed by atoms with Gasteiger partial charge in [0, 0.05) is 42.4 Å². The predicted octanol–water partition coefficient (Wildman–Crippen LogP) is 5.46. The van der Waals surface area contributed by atoms with E-state index in [0.717, 1.165) is 5.57 Å². The molecule has 15 nitrogen and oxygen atoms in total. The Morgan fingerprint density at radius 1 is 1.08 bits per heavy atom. The lowest BCUT2D eigenvalue weighted by molar-refractivity contribution is -0.337. The van der Waals surface area contributed by atoms with Crippen molar-refractivity contribution >= 4 is 12.1 Å². The number of amides is 1. The van der Waals surface area contributed by atoms with E-state index in [0.29, 0.717) is 18.4 Å². The summed E-state index contributed by atoms with van der Waals surface area (Å²) < 4.78 is 41.1. The van der Waals surface area contributed by atoms with E-state index in [4.69, 9.17) is 38.9 Å². The van der Waals surface area contributed by atoms with Gasteiger partial charge < -0.3 is 64.4 Å². The van der Waals surface area contributed by atoms with Gasteiger partial charge in [0.25, 0.3) is 0 Å². The van der Waals surface area contributed by atoms with Crippen molar-refractivity contribution in [1.82, 2.24) is 0 Å². The third-order valence-electron chi connectivity index (χ3n) is 12.4. The maximum absolute atomic E-state index is 13.9. The van der Waals surface area contributed by atoms with Crippen LogP contribution in [0, 0.1) is 35.5 Å². The average molecular weight is 864 g/mol. The highest BCUT2D eigenvalue weighted by Gasteiger charge is 2.52. The molecule has 16 unspecified atom stereocenters. The molecule has 0 aliphatic carbocycles. The third-order valence-corrected chi connectivity index (χ3v) is 12.4. The minimum atomic E-state index is -1.99. The molecule has 2 saturated heterocycles. The second-order valence-corrected chi connectivity index (χ2v) is 17.1. The molecule has 61 heavy (non-hydrogen) atoms. The van der Waals surface area contributed by atoms with E-state index in [1.165, 1.54) is 20.3 Å². The van der Waals surface area contributed by atoms with Gasteiger partial charge >= 0.3 is 12.1 Å². The first-order chi connectivity index (χ1) is 28.6. The molecule has 3 rings (SSSR count). The summed E-state index contributed by atoms with van der Waals surface area (Å²) in [5.41, 5.74) is 6.74. The smallest absolute Gasteiger partial charge is 0.404 e. The van der Waals surface area contributed by atoms with Gasteiger partial charge in [-0.1, -0.05) is 83.1 Å². The minimum absolute atomic E-state index is 0.0374. The molecule has 0 aromatic carbocycles. The Kier molecular flexibility index (Phi) is 19.7. The van der Waals surface area contributed by atoms with Gasteiger partial charge in [0.15, 0.2) is 29.7 Å². The highest BCUT2D eigenvalue weighted by atomic mass is 16.7. The van der Waals surface area contributed by atoms with Crippen LogP contribution in [0.25, 0.3) is 0 Å². The minimum Gasteiger partial charge on any atom is -0.493 e. The number of carbonyl (C=O) groups is 2. The Balaban J connectivity index is 2.04. The van der Waals surface area contributed by atoms with Crippen molar-refractivity contribution in [3.8, 4) is 0 Å². The zero-order chi connectivity index (χ0) is 45.9. The topological polar surface area (TPSA) is 226 Å². The first kappa shape index (κ1) is 51.8. The van der Waals surface area contributed by atoms with Crippen molar-refractivity contribution in [3.05, 3.63) is 71.0 Å². The number of aliphatic hydroxyl groups is 5. The zero-order valence-corrected chi connectivity index (χ0v) is 38.0. The van der Waals surface area contributed by atoms with Crippen molar-refractivity contribution in [2.24, 2.45) is 41.2 Å². The van der Waals surface area contributed by atoms with Crippen LogP contribution in [0.3, 0.4) is 0 Å². The molecule has 2 fully saturated rings. The molecule has 3 aliphatic rings. The van der Waals surface area contributed by atoms with Crippen molar-refractivity contribution in [1.29, 1.82) is 0 Å². The van der Waals surface area contributed by atoms with Crippen LogP contribution >= 0.6 is 0 Å². The van der Waals surface area contributed by atoms with Crippen LogP contribution in [0.2, 0.25) is 0 Å². The second-order valence-electron chi connectivity index (χ2n) is 17.1. The summed E-state index contributed by atoms with van der Waals surface area (Å²) in [6.45, 7) is 18.0. The average Bonchev–Trinajstić information content (AvgIpc) is 3.19. The molecule has 3 heterocycles. The van der Waals surface area contributed by atoms with E-state index >= 15 is 0 Å². The third kappa shape index (κ3) is 13.5. The Morgan fingerprint density at radius 3 is 2.33 bits per heavy atom. The van der Waals surface area contributed by atoms with E-state index in [9.17, 15) is 35.1 Å². The number of cyclic esters (lactones) is 1. The standard InChI is InChI=1S/C46H73NO14/c1-13-16-34-28(7)37(58-38-22-33(48)43(31(10)57-38)60-45(47)53)23-46(54,61-34)30(9)41(51)29(8)42-35(55-11)18-15-17-24(3)19-26(5)39(49)32(14-2)40(50)27(6)20-25(4)21-36(56-12)44(52)59-42/h13,15-18,20-21,26-34,37-41,43,48-51,54H,14,19,22-23H2,1-12H3,(H2,47,53). The summed E-state index contributed by atoms with van der Waals surface area (Å²) in [5, 5.41) is 58.0. The van der Waals surface area contributed by atoms with E-state index < -0.39 is 84.8 Å². The number of esters is 1. The maximum atomic E-state index is 13.9. The van der Waals surface area contributed by atoms with Crippen LogP contribution in [-0.4, -0.2) is 113 Å². The quantitative estimate of drug-likeness (QED) is 0.112. The number of hydrogen-bond acceptors (Lipinski definition) is 14. The molecule has 7 N–H and O–H groups in total. The normalized spacial score (nSPS) is 36.7. The Morgan fingerprint density at radius 2 is 1.75 bits per heavy atom. The highest BCUT2D eigenvalue weighted by molar-refractivity contribution is 5.87. The van der Waals surface area contributed by atoms with Crippen molar-refractivity contribution in [2.75, 3.05) is 14.2 Å². The maximum Gasteiger partial charge on any atom is 0.404 e. The Bertz CT molecular complexity index is 1640. The fraction of sp³-hybridized carbons (Fsp3) is 0.696. The largest absolute Gasteiger partial charge is 0.493 e. The number of ether oxygens (including phenoxy) is 7. The number of nitrogens with two attached hydrogens (primary N) is 1. The lowest BCUT2D eigenvalue weighted by atomic mass is 9.78. The zero-order valence-electron chi connectivity index (χ0n) is 38.0. The molecule has 16 atom stereocenters. The van der Waals surface area contributed by atoms with Gasteiger partial charge in [0.05, 0.1) is 56.9 Å². The van der Waals surface area contributed by atoms with Crippen molar-refractivity contribution < 1.29 is 68.3 Å². The second kappa shape index (κ2) is 23.2. The summed E-state index contributed by atoms with van der Waals surface area (Å²) in [4.78, 5) is 25.3. The summed E-state index contributed by atoms with van der Waals surface area (Å²) >= 11 is 0. The summed E-state index contributed by atoms with van der Waals surface area (Å²) in [5.74, 6) is -6.23. The molecule has 0 saturated carbocycles. The van der Waals surface area contributed by atoms with E-state index in [-0.39, 0.29) is 53.8 Å². The molecular weight excluding hydrogens is 790 g/mol. The molecule has 0 bridgehead atoms. The van der Waals surface area contributed by atoms with Gasteiger partial charge in [-0.2, -0.15) is 0 Å². The van der Waals surface area contributed by atoms with Crippen LogP contribution in [-0.2, 0) is 38.0 Å².